The van der Waals surface area contributed by atoms with Crippen LogP contribution in [0.25, 0.3) is 0 Å². The molecule has 0 aromatic carbocycles. The predicted molar refractivity (Wildman–Crippen MR) is 70.8 cm³/mol. The van der Waals surface area contributed by atoms with Crippen molar-refractivity contribution in [3.8, 4) is 0 Å². The van der Waals surface area contributed by atoms with E-state index in [2.05, 4.69) is 10.2 Å². The number of amides is 1. The third-order valence-corrected chi connectivity index (χ3v) is 3.25. The molecule has 0 aromatic rings. The van der Waals surface area contributed by atoms with Crippen molar-refractivity contribution < 1.29 is 4.79 Å². The fourth-order valence-electron chi connectivity index (χ4n) is 2.16. The van der Waals surface area contributed by atoms with Gasteiger partial charge >= 0.3 is 0 Å². The largest absolute Gasteiger partial charge is 0.356 e. The summed E-state index contributed by atoms with van der Waals surface area (Å²) in [6.45, 7) is 6.32. The van der Waals surface area contributed by atoms with Crippen molar-refractivity contribution >= 4 is 5.91 Å². The standard InChI is InChI=1S/C13H27N3O/c1-12(14)6-7-13(17)15-8-5-11-16-9-3-2-4-10-16/h12H,2-11,14H2,1H3,(H,15,17). The SMILES string of the molecule is CC(N)CCC(=O)NCCCN1CCCCC1. The molecule has 0 spiro atoms. The Kier molecular flexibility index (Phi) is 7.21. The molecular weight excluding hydrogens is 214 g/mol. The summed E-state index contributed by atoms with van der Waals surface area (Å²) in [6.07, 6.45) is 6.44. The minimum absolute atomic E-state index is 0.120. The van der Waals surface area contributed by atoms with Crippen molar-refractivity contribution in [1.29, 1.82) is 0 Å². The lowest BCUT2D eigenvalue weighted by Crippen LogP contribution is -2.33. The van der Waals surface area contributed by atoms with Gasteiger partial charge in [0.25, 0.3) is 0 Å². The molecule has 1 saturated heterocycles. The summed E-state index contributed by atoms with van der Waals surface area (Å²) in [7, 11) is 0. The second kappa shape index (κ2) is 8.48. The van der Waals surface area contributed by atoms with Gasteiger partial charge in [-0.05, 0) is 52.2 Å². The number of rotatable bonds is 7. The van der Waals surface area contributed by atoms with Crippen LogP contribution in [0.5, 0.6) is 0 Å². The molecule has 4 heteroatoms. The average Bonchev–Trinajstić information content (AvgIpc) is 2.33. The first-order chi connectivity index (χ1) is 8.18. The van der Waals surface area contributed by atoms with Crippen LogP contribution in [-0.4, -0.2) is 43.0 Å². The van der Waals surface area contributed by atoms with Crippen LogP contribution in [0.1, 0.15) is 45.4 Å². The number of carbonyl (C=O) groups excluding carboxylic acids is 1. The van der Waals surface area contributed by atoms with Gasteiger partial charge in [0.05, 0.1) is 0 Å². The van der Waals surface area contributed by atoms with E-state index in [1.807, 2.05) is 6.92 Å². The lowest BCUT2D eigenvalue weighted by atomic mass is 10.1. The first kappa shape index (κ1) is 14.5. The molecule has 1 aliphatic rings. The molecule has 1 heterocycles. The van der Waals surface area contributed by atoms with E-state index in [0.717, 1.165) is 25.9 Å². The molecule has 1 atom stereocenters. The lowest BCUT2D eigenvalue weighted by molar-refractivity contribution is -0.121. The number of nitrogens with one attached hydrogen (secondary N) is 1. The molecule has 0 bridgehead atoms. The van der Waals surface area contributed by atoms with E-state index in [1.54, 1.807) is 0 Å². The Bertz CT molecular complexity index is 213. The van der Waals surface area contributed by atoms with Crippen molar-refractivity contribution in [2.24, 2.45) is 5.73 Å². The van der Waals surface area contributed by atoms with E-state index in [1.165, 1.54) is 32.4 Å². The summed E-state index contributed by atoms with van der Waals surface area (Å²) in [5, 5.41) is 2.96. The lowest BCUT2D eigenvalue weighted by Gasteiger charge is -2.26. The molecule has 0 saturated carbocycles. The smallest absolute Gasteiger partial charge is 0.220 e. The highest BCUT2D eigenvalue weighted by atomic mass is 16.1. The zero-order valence-electron chi connectivity index (χ0n) is 11.1. The Morgan fingerprint density at radius 3 is 2.71 bits per heavy atom. The number of piperidine rings is 1. The highest BCUT2D eigenvalue weighted by Crippen LogP contribution is 2.08. The van der Waals surface area contributed by atoms with E-state index in [0.29, 0.717) is 6.42 Å². The Labute approximate surface area is 105 Å². The van der Waals surface area contributed by atoms with Crippen molar-refractivity contribution in [3.63, 3.8) is 0 Å². The molecule has 0 aliphatic carbocycles. The van der Waals surface area contributed by atoms with Gasteiger partial charge in [0, 0.05) is 19.0 Å². The molecule has 1 amide bonds. The fourth-order valence-corrected chi connectivity index (χ4v) is 2.16. The highest BCUT2D eigenvalue weighted by Gasteiger charge is 2.09. The Morgan fingerprint density at radius 1 is 1.35 bits per heavy atom. The van der Waals surface area contributed by atoms with Crippen LogP contribution in [0, 0.1) is 0 Å². The molecular formula is C13H27N3O. The zero-order valence-corrected chi connectivity index (χ0v) is 11.1. The van der Waals surface area contributed by atoms with E-state index in [-0.39, 0.29) is 11.9 Å². The molecule has 1 aliphatic heterocycles. The molecule has 0 aromatic heterocycles. The van der Waals surface area contributed by atoms with Gasteiger partial charge in [-0.3, -0.25) is 4.79 Å². The Morgan fingerprint density at radius 2 is 2.06 bits per heavy atom. The molecule has 1 rings (SSSR count). The fraction of sp³-hybridized carbons (Fsp3) is 0.923. The minimum atomic E-state index is 0.120. The van der Waals surface area contributed by atoms with Crippen LogP contribution >= 0.6 is 0 Å². The van der Waals surface area contributed by atoms with Gasteiger partial charge in [-0.1, -0.05) is 6.42 Å². The van der Waals surface area contributed by atoms with Gasteiger partial charge in [-0.2, -0.15) is 0 Å². The summed E-state index contributed by atoms with van der Waals surface area (Å²) in [5.41, 5.74) is 5.61. The summed E-state index contributed by atoms with van der Waals surface area (Å²) in [6, 6.07) is 0.120. The number of hydrogen-bond acceptors (Lipinski definition) is 3. The third-order valence-electron chi connectivity index (χ3n) is 3.25. The second-order valence-corrected chi connectivity index (χ2v) is 5.12. The zero-order chi connectivity index (χ0) is 12.5. The number of likely N-dealkylation sites (tertiary alicyclic amines) is 1. The third kappa shape index (κ3) is 7.34. The van der Waals surface area contributed by atoms with Crippen molar-refractivity contribution in [3.05, 3.63) is 0 Å². The normalized spacial score (nSPS) is 18.9. The van der Waals surface area contributed by atoms with E-state index in [4.69, 9.17) is 5.73 Å². The average molecular weight is 241 g/mol. The summed E-state index contributed by atoms with van der Waals surface area (Å²) >= 11 is 0. The topological polar surface area (TPSA) is 58.4 Å². The van der Waals surface area contributed by atoms with Gasteiger partial charge in [0.2, 0.25) is 5.91 Å². The van der Waals surface area contributed by atoms with Crippen LogP contribution in [0.15, 0.2) is 0 Å². The summed E-state index contributed by atoms with van der Waals surface area (Å²) in [5.74, 6) is 0.140. The van der Waals surface area contributed by atoms with Crippen LogP contribution in [-0.2, 0) is 4.79 Å². The van der Waals surface area contributed by atoms with Gasteiger partial charge in [-0.15, -0.1) is 0 Å². The first-order valence-corrected chi connectivity index (χ1v) is 6.93. The molecule has 100 valence electrons. The predicted octanol–water partition coefficient (Wildman–Crippen LogP) is 1.11. The van der Waals surface area contributed by atoms with Crippen molar-refractivity contribution in [1.82, 2.24) is 10.2 Å². The van der Waals surface area contributed by atoms with Crippen LogP contribution in [0.4, 0.5) is 0 Å². The summed E-state index contributed by atoms with van der Waals surface area (Å²) in [4.78, 5) is 13.9. The van der Waals surface area contributed by atoms with Gasteiger partial charge < -0.3 is 16.0 Å². The minimum Gasteiger partial charge on any atom is -0.356 e. The first-order valence-electron chi connectivity index (χ1n) is 6.93. The Hall–Kier alpha value is -0.610. The number of carbonyl (C=O) groups is 1. The second-order valence-electron chi connectivity index (χ2n) is 5.12. The quantitative estimate of drug-likeness (QED) is 0.656. The molecule has 17 heavy (non-hydrogen) atoms. The molecule has 1 fully saturated rings. The molecule has 3 N–H and O–H groups in total. The number of hydrogen-bond donors (Lipinski definition) is 2. The summed E-state index contributed by atoms with van der Waals surface area (Å²) < 4.78 is 0. The van der Waals surface area contributed by atoms with Crippen LogP contribution in [0.3, 0.4) is 0 Å². The number of nitrogens with two attached hydrogens (primary N) is 1. The van der Waals surface area contributed by atoms with Crippen molar-refractivity contribution in [2.75, 3.05) is 26.2 Å². The van der Waals surface area contributed by atoms with Gasteiger partial charge in [0.15, 0.2) is 0 Å². The maximum absolute atomic E-state index is 11.4. The Balaban J connectivity index is 1.94. The van der Waals surface area contributed by atoms with E-state index < -0.39 is 0 Å². The highest BCUT2D eigenvalue weighted by molar-refractivity contribution is 5.75. The maximum atomic E-state index is 11.4. The van der Waals surface area contributed by atoms with Gasteiger partial charge in [0.1, 0.15) is 0 Å². The van der Waals surface area contributed by atoms with Crippen molar-refractivity contribution in [2.45, 2.75) is 51.5 Å². The molecule has 4 nitrogen and oxygen atoms in total. The number of nitrogens with zero attached hydrogens (tertiary/aromatic N) is 1. The van der Waals surface area contributed by atoms with Crippen LogP contribution < -0.4 is 11.1 Å². The van der Waals surface area contributed by atoms with Gasteiger partial charge in [-0.25, -0.2) is 0 Å². The molecule has 0 radical (unpaired) electrons. The molecule has 1 unspecified atom stereocenters. The monoisotopic (exact) mass is 241 g/mol. The van der Waals surface area contributed by atoms with E-state index in [9.17, 15) is 4.79 Å². The van der Waals surface area contributed by atoms with Crippen LogP contribution in [0.2, 0.25) is 0 Å². The van der Waals surface area contributed by atoms with E-state index >= 15 is 0 Å². The maximum Gasteiger partial charge on any atom is 0.220 e.